The van der Waals surface area contributed by atoms with Crippen LogP contribution in [0.3, 0.4) is 0 Å². The molecule has 0 atom stereocenters. The van der Waals surface area contributed by atoms with Gasteiger partial charge in [-0.05, 0) is 58.9 Å². The van der Waals surface area contributed by atoms with Crippen LogP contribution >= 0.6 is 0 Å². The van der Waals surface area contributed by atoms with E-state index in [1.807, 2.05) is 58.9 Å². The summed E-state index contributed by atoms with van der Waals surface area (Å²) in [6, 6.07) is 0. The standard InChI is InChI=1S/3C3H10OSi.2CH3.Al.H/c3*1-5(2,3)4;;;;/h3*4H,1-3H3;2*1H3;;. The van der Waals surface area contributed by atoms with Gasteiger partial charge in [-0.25, -0.2) is 0 Å². The minimum Gasteiger partial charge on any atom is -0.433 e. The number of hydrogen-bond donors (Lipinski definition) is 3. The fourth-order valence-corrected chi connectivity index (χ4v) is 0. The van der Waals surface area contributed by atoms with E-state index < -0.39 is 25.0 Å². The Bertz CT molecular complexity index is 114. The minimum atomic E-state index is -1.61. The van der Waals surface area contributed by atoms with Crippen molar-refractivity contribution in [3.8, 4) is 0 Å². The van der Waals surface area contributed by atoms with Crippen molar-refractivity contribution in [1.82, 2.24) is 0 Å². The van der Waals surface area contributed by atoms with E-state index in [-0.39, 0.29) is 0 Å². The first-order valence-electron chi connectivity index (χ1n) is 6.59. The van der Waals surface area contributed by atoms with Crippen molar-refractivity contribution >= 4 is 40.2 Å². The van der Waals surface area contributed by atoms with Crippen LogP contribution in [0, 0.1) is 0 Å². The molecule has 0 aliphatic carbocycles. The van der Waals surface area contributed by atoms with Crippen molar-refractivity contribution < 1.29 is 14.4 Å². The van der Waals surface area contributed by atoms with Crippen LogP contribution in [0.25, 0.3) is 0 Å². The molecule has 0 spiro atoms. The topological polar surface area (TPSA) is 60.7 Å². The van der Waals surface area contributed by atoms with E-state index >= 15 is 0 Å². The van der Waals surface area contributed by atoms with Gasteiger partial charge in [-0.1, -0.05) is 0 Å². The summed E-state index contributed by atoms with van der Waals surface area (Å²) >= 11 is 0.417. The first-order chi connectivity index (χ1) is 7.41. The van der Waals surface area contributed by atoms with Crippen LogP contribution in [0.1, 0.15) is 0 Å². The Balaban J connectivity index is -0.0000000739. The third-order valence-electron chi connectivity index (χ3n) is 0. The smallest absolute Gasteiger partial charge is 0.229 e. The number of hydrogen-bond acceptors (Lipinski definition) is 3. The van der Waals surface area contributed by atoms with Crippen molar-refractivity contribution in [1.29, 1.82) is 0 Å². The van der Waals surface area contributed by atoms with Crippen molar-refractivity contribution in [2.75, 3.05) is 0 Å². The molecule has 0 aromatic heterocycles. The van der Waals surface area contributed by atoms with Crippen molar-refractivity contribution in [3.05, 3.63) is 0 Å². The highest BCUT2D eigenvalue weighted by atomic mass is 28.4. The van der Waals surface area contributed by atoms with E-state index in [1.54, 1.807) is 0 Å². The van der Waals surface area contributed by atoms with E-state index in [0.717, 1.165) is 0 Å². The molecule has 114 valence electrons. The minimum absolute atomic E-state index is 0.417. The van der Waals surface area contributed by atoms with Gasteiger partial charge in [0.25, 0.3) is 0 Å². The quantitative estimate of drug-likeness (QED) is 0.599. The number of rotatable bonds is 0. The Hall–Kier alpha value is 1.06. The summed E-state index contributed by atoms with van der Waals surface area (Å²) in [6.07, 6.45) is 0. The van der Waals surface area contributed by atoms with Crippen LogP contribution in [-0.2, 0) is 0 Å². The summed E-state index contributed by atoms with van der Waals surface area (Å²) in [5, 5.41) is 0. The average Bonchev–Trinajstić information content (AvgIpc) is 1.71. The van der Waals surface area contributed by atoms with Gasteiger partial charge in [0.15, 0.2) is 25.0 Å². The van der Waals surface area contributed by atoms with E-state index in [4.69, 9.17) is 14.4 Å². The molecule has 0 radical (unpaired) electrons. The molecule has 0 aliphatic heterocycles. The van der Waals surface area contributed by atoms with Crippen molar-refractivity contribution in [3.63, 3.8) is 0 Å². The molecule has 3 N–H and O–H groups in total. The van der Waals surface area contributed by atoms with Crippen LogP contribution in [0.5, 0.6) is 0 Å². The van der Waals surface area contributed by atoms with Gasteiger partial charge in [0.1, 0.15) is 0 Å². The lowest BCUT2D eigenvalue weighted by atomic mass is 11.8. The van der Waals surface area contributed by atoms with Gasteiger partial charge >= 0.3 is 0 Å². The highest BCUT2D eigenvalue weighted by Crippen LogP contribution is 1.89. The first-order valence-corrected chi connectivity index (χ1v) is 19.8. The summed E-state index contributed by atoms with van der Waals surface area (Å²) in [6.45, 7) is 16.9. The fraction of sp³-hybridized carbons (Fsp3) is 1.00. The maximum Gasteiger partial charge on any atom is 0.229 e. The molecule has 3 nitrogen and oxygen atoms in total. The lowest BCUT2D eigenvalue weighted by molar-refractivity contribution is 0.559. The lowest BCUT2D eigenvalue weighted by Crippen LogP contribution is -2.17. The molecule has 0 fully saturated rings. The van der Waals surface area contributed by atoms with Crippen LogP contribution in [0.2, 0.25) is 70.5 Å². The van der Waals surface area contributed by atoms with Gasteiger partial charge in [0.2, 0.25) is 15.2 Å². The Kier molecular flexibility index (Phi) is 19.9. The molecule has 0 heterocycles. The predicted octanol–water partition coefficient (Wildman–Crippen LogP) is 2.96. The summed E-state index contributed by atoms with van der Waals surface area (Å²) in [7, 11) is -4.83. The molecule has 0 aliphatic rings. The van der Waals surface area contributed by atoms with E-state index in [1.165, 1.54) is 0 Å². The van der Waals surface area contributed by atoms with E-state index in [2.05, 4.69) is 11.6 Å². The zero-order chi connectivity index (χ0) is 16.2. The Morgan fingerprint density at radius 3 is 0.500 bits per heavy atom. The zero-order valence-electron chi connectivity index (χ0n) is 14.5. The maximum absolute atomic E-state index is 8.66. The van der Waals surface area contributed by atoms with Gasteiger partial charge in [-0.2, -0.15) is 0 Å². The second-order valence-electron chi connectivity index (χ2n) is 7.22. The van der Waals surface area contributed by atoms with Crippen LogP contribution in [0.4, 0.5) is 0 Å². The van der Waals surface area contributed by atoms with Crippen LogP contribution in [-0.4, -0.2) is 54.6 Å². The second-order valence-corrected chi connectivity index (χ2v) is 21.7. The predicted molar refractivity (Wildman–Crippen MR) is 95.6 cm³/mol. The molecule has 0 saturated carbocycles. The molecule has 0 rings (SSSR count). The van der Waals surface area contributed by atoms with Gasteiger partial charge in [-0.15, -0.1) is 11.6 Å². The highest BCUT2D eigenvalue weighted by Gasteiger charge is 2.04. The Morgan fingerprint density at radius 2 is 0.500 bits per heavy atom. The lowest BCUT2D eigenvalue weighted by Gasteiger charge is -2.00. The molecular formula is C11H37AlO3Si3. The summed E-state index contributed by atoms with van der Waals surface area (Å²) in [5.74, 6) is 4.53. The third-order valence-corrected chi connectivity index (χ3v) is 0. The van der Waals surface area contributed by atoms with Gasteiger partial charge in [0, 0.05) is 0 Å². The molecule has 18 heavy (non-hydrogen) atoms. The summed E-state index contributed by atoms with van der Waals surface area (Å²) < 4.78 is 0. The van der Waals surface area contributed by atoms with Gasteiger partial charge in [0.05, 0.1) is 0 Å². The van der Waals surface area contributed by atoms with E-state index in [0.29, 0.717) is 15.2 Å². The molecule has 0 unspecified atom stereocenters. The average molecular weight is 329 g/mol. The van der Waals surface area contributed by atoms with Gasteiger partial charge in [-0.3, -0.25) is 0 Å². The van der Waals surface area contributed by atoms with E-state index in [9.17, 15) is 0 Å². The molecule has 7 heteroatoms. The monoisotopic (exact) mass is 328 g/mol. The normalized spacial score (nSPS) is 10.8. The molecule has 0 saturated heterocycles. The SMILES string of the molecule is C[Si](C)(C)O.C[Si](C)(C)O.C[Si](C)(C)O.[CH3][AlH][CH3]. The first kappa shape index (κ1) is 27.4. The molecular weight excluding hydrogens is 291 g/mol. The largest absolute Gasteiger partial charge is 0.433 e. The summed E-state index contributed by atoms with van der Waals surface area (Å²) in [5.41, 5.74) is 0. The molecule has 0 aromatic carbocycles. The third kappa shape index (κ3) is 3900. The van der Waals surface area contributed by atoms with Gasteiger partial charge < -0.3 is 14.4 Å². The summed E-state index contributed by atoms with van der Waals surface area (Å²) in [4.78, 5) is 26.0. The van der Waals surface area contributed by atoms with Crippen LogP contribution in [0.15, 0.2) is 0 Å². The highest BCUT2D eigenvalue weighted by molar-refractivity contribution is 6.68. The molecule has 0 amide bonds. The van der Waals surface area contributed by atoms with Crippen molar-refractivity contribution in [2.45, 2.75) is 70.5 Å². The fourth-order valence-electron chi connectivity index (χ4n) is 0. The second kappa shape index (κ2) is 13.1. The molecule has 0 bridgehead atoms. The molecule has 0 aromatic rings. The Labute approximate surface area is 125 Å². The maximum atomic E-state index is 8.66. The zero-order valence-corrected chi connectivity index (χ0v) is 19.0. The Morgan fingerprint density at radius 1 is 0.500 bits per heavy atom. The van der Waals surface area contributed by atoms with Crippen molar-refractivity contribution in [2.24, 2.45) is 0 Å². The van der Waals surface area contributed by atoms with Crippen LogP contribution < -0.4 is 0 Å².